The van der Waals surface area contributed by atoms with E-state index in [9.17, 15) is 0 Å². The summed E-state index contributed by atoms with van der Waals surface area (Å²) >= 11 is 19.2. The Kier molecular flexibility index (Phi) is 14.6. The molecule has 0 aromatic carbocycles. The second-order valence-electron chi connectivity index (χ2n) is 7.71. The van der Waals surface area contributed by atoms with E-state index in [1.54, 1.807) is 10.8 Å². The van der Waals surface area contributed by atoms with Crippen LogP contribution >= 0.6 is 56.4 Å². The third-order valence-electron chi connectivity index (χ3n) is 4.01. The summed E-state index contributed by atoms with van der Waals surface area (Å²) < 4.78 is -1.02. The average molecular weight is 436 g/mol. The third-order valence-corrected chi connectivity index (χ3v) is 9.06. The van der Waals surface area contributed by atoms with Gasteiger partial charge >= 0.3 is 0 Å². The molecule has 0 radical (unpaired) electrons. The lowest BCUT2D eigenvalue weighted by atomic mass is 9.92. The second kappa shape index (κ2) is 13.7. The Morgan fingerprint density at radius 1 is 0.750 bits per heavy atom. The Labute approximate surface area is 174 Å². The number of alkyl halides is 3. The van der Waals surface area contributed by atoms with E-state index in [4.69, 9.17) is 34.8 Å². The van der Waals surface area contributed by atoms with E-state index >= 15 is 0 Å². The van der Waals surface area contributed by atoms with Crippen LogP contribution in [-0.2, 0) is 0 Å². The van der Waals surface area contributed by atoms with E-state index in [1.807, 2.05) is 10.8 Å². The van der Waals surface area contributed by atoms with Crippen LogP contribution in [0.3, 0.4) is 0 Å². The van der Waals surface area contributed by atoms with Crippen molar-refractivity contribution in [3.05, 3.63) is 0 Å². The molecule has 5 heteroatoms. The predicted octanol–water partition coefficient (Wildman–Crippen LogP) is 9.46. The molecule has 0 nitrogen and oxygen atoms in total. The molecular weight excluding hydrogens is 399 g/mol. The summed E-state index contributed by atoms with van der Waals surface area (Å²) in [5.41, 5.74) is 0. The molecule has 0 rings (SSSR count). The summed E-state index contributed by atoms with van der Waals surface area (Å²) in [5.74, 6) is 0.492. The number of hydrogen-bond donors (Lipinski definition) is 0. The number of hydrogen-bond acceptors (Lipinski definition) is 2. The molecular formula is C19H37Cl3S2. The summed E-state index contributed by atoms with van der Waals surface area (Å²) in [6, 6.07) is 0. The van der Waals surface area contributed by atoms with Crippen molar-refractivity contribution in [2.75, 3.05) is 0 Å². The van der Waals surface area contributed by atoms with Gasteiger partial charge in [-0.05, 0) is 18.8 Å². The molecule has 0 heterocycles. The molecule has 0 saturated heterocycles. The van der Waals surface area contributed by atoms with Crippen LogP contribution in [0.25, 0.3) is 0 Å². The Balaban J connectivity index is 4.80. The second-order valence-corrected chi connectivity index (χ2v) is 13.3. The number of halogens is 3. The van der Waals surface area contributed by atoms with E-state index < -0.39 is 3.79 Å². The topological polar surface area (TPSA) is 0 Å². The summed E-state index contributed by atoms with van der Waals surface area (Å²) in [5, 5.41) is 0.0648. The van der Waals surface area contributed by atoms with E-state index in [0.29, 0.717) is 5.92 Å². The highest BCUT2D eigenvalue weighted by Crippen LogP contribution is 2.51. The molecule has 0 N–H and O–H groups in total. The lowest BCUT2D eigenvalue weighted by Gasteiger charge is -2.33. The van der Waals surface area contributed by atoms with Gasteiger partial charge in [0.1, 0.15) is 0 Å². The molecule has 0 fully saturated rings. The largest absolute Gasteiger partial charge is 0.203 e. The maximum absolute atomic E-state index is 6.40. The van der Waals surface area contributed by atoms with Gasteiger partial charge in [-0.2, -0.15) is 0 Å². The normalized spacial score (nSPS) is 14.4. The lowest BCUT2D eigenvalue weighted by molar-refractivity contribution is 0.396. The van der Waals surface area contributed by atoms with Crippen LogP contribution in [-0.4, -0.2) is 13.8 Å². The van der Waals surface area contributed by atoms with Crippen molar-refractivity contribution in [3.8, 4) is 0 Å². The third kappa shape index (κ3) is 13.7. The monoisotopic (exact) mass is 434 g/mol. The molecule has 0 aliphatic carbocycles. The molecule has 1 atom stereocenters. The summed E-state index contributed by atoms with van der Waals surface area (Å²) in [6.07, 6.45) is 12.6. The van der Waals surface area contributed by atoms with Crippen LogP contribution in [0.15, 0.2) is 0 Å². The first-order chi connectivity index (χ1) is 11.1. The van der Waals surface area contributed by atoms with Crippen LogP contribution < -0.4 is 0 Å². The van der Waals surface area contributed by atoms with Gasteiger partial charge in [-0.1, -0.05) is 142 Å². The molecule has 24 heavy (non-hydrogen) atoms. The predicted molar refractivity (Wildman–Crippen MR) is 120 cm³/mol. The van der Waals surface area contributed by atoms with E-state index in [-0.39, 0.29) is 10.00 Å². The first kappa shape index (κ1) is 25.6. The van der Waals surface area contributed by atoms with Gasteiger partial charge in [0.15, 0.2) is 0 Å². The number of unbranched alkanes of at least 4 members (excludes halogenated alkanes) is 6. The van der Waals surface area contributed by atoms with Crippen molar-refractivity contribution in [3.63, 3.8) is 0 Å². The highest BCUT2D eigenvalue weighted by atomic mass is 35.6. The molecule has 0 unspecified atom stereocenters. The molecule has 0 saturated carbocycles. The Bertz CT molecular complexity index is 286. The summed E-state index contributed by atoms with van der Waals surface area (Å²) in [6.45, 7) is 11.2. The Morgan fingerprint density at radius 2 is 1.21 bits per heavy atom. The zero-order valence-corrected chi connectivity index (χ0v) is 20.1. The summed E-state index contributed by atoms with van der Waals surface area (Å²) in [7, 11) is 3.64. The smallest absolute Gasteiger partial charge is 0.0877 e. The van der Waals surface area contributed by atoms with Crippen molar-refractivity contribution >= 4 is 56.4 Å². The fourth-order valence-electron chi connectivity index (χ4n) is 2.71. The maximum atomic E-state index is 6.40. The van der Waals surface area contributed by atoms with Crippen LogP contribution in [0.1, 0.15) is 98.8 Å². The summed E-state index contributed by atoms with van der Waals surface area (Å²) in [4.78, 5) is 0. The van der Waals surface area contributed by atoms with E-state index in [0.717, 1.165) is 0 Å². The van der Waals surface area contributed by atoms with Crippen molar-refractivity contribution < 1.29 is 0 Å². The molecule has 146 valence electrons. The highest BCUT2D eigenvalue weighted by Gasteiger charge is 2.39. The first-order valence-electron chi connectivity index (χ1n) is 9.53. The number of rotatable bonds is 13. The maximum Gasteiger partial charge on any atom is 0.203 e. The molecule has 0 aliphatic heterocycles. The van der Waals surface area contributed by atoms with Gasteiger partial charge in [-0.25, -0.2) is 0 Å². The van der Waals surface area contributed by atoms with Gasteiger partial charge in [0.05, 0.1) is 5.25 Å². The minimum absolute atomic E-state index is 0.0648. The van der Waals surface area contributed by atoms with Gasteiger partial charge in [0.25, 0.3) is 0 Å². The van der Waals surface area contributed by atoms with E-state index in [1.165, 1.54) is 64.2 Å². The lowest BCUT2D eigenvalue weighted by Crippen LogP contribution is -2.31. The van der Waals surface area contributed by atoms with Gasteiger partial charge in [-0.3, -0.25) is 0 Å². The van der Waals surface area contributed by atoms with Gasteiger partial charge in [0.2, 0.25) is 3.79 Å². The Morgan fingerprint density at radius 3 is 1.54 bits per heavy atom. The van der Waals surface area contributed by atoms with Crippen molar-refractivity contribution in [2.45, 2.75) is 113 Å². The molecule has 0 spiro atoms. The van der Waals surface area contributed by atoms with Crippen molar-refractivity contribution in [1.29, 1.82) is 0 Å². The standard InChI is InChI=1S/C19H37Cl3S2/c1-6-8-10-12-14-16(15-13-11-9-7-2)17(19(20,21)22)23-24-18(3,4)5/h16-17H,6-15H2,1-5H3/t17-/m1/s1. The first-order valence-corrected chi connectivity index (χ1v) is 12.9. The molecule has 0 aliphatic rings. The Hall–Kier alpha value is 1.57. The van der Waals surface area contributed by atoms with Gasteiger partial charge < -0.3 is 0 Å². The van der Waals surface area contributed by atoms with Crippen LogP contribution in [0, 0.1) is 5.92 Å². The minimum Gasteiger partial charge on any atom is -0.0877 e. The van der Waals surface area contributed by atoms with E-state index in [2.05, 4.69) is 34.6 Å². The van der Waals surface area contributed by atoms with Crippen LogP contribution in [0.5, 0.6) is 0 Å². The fraction of sp³-hybridized carbons (Fsp3) is 1.00. The van der Waals surface area contributed by atoms with Crippen LogP contribution in [0.2, 0.25) is 0 Å². The van der Waals surface area contributed by atoms with Gasteiger partial charge in [-0.15, -0.1) is 0 Å². The molecule has 0 bridgehead atoms. The van der Waals surface area contributed by atoms with Crippen LogP contribution in [0.4, 0.5) is 0 Å². The zero-order valence-electron chi connectivity index (χ0n) is 16.2. The quantitative estimate of drug-likeness (QED) is 0.160. The molecule has 0 aromatic heterocycles. The van der Waals surface area contributed by atoms with Gasteiger partial charge in [0, 0.05) is 4.75 Å². The average Bonchev–Trinajstić information content (AvgIpc) is 2.44. The SMILES string of the molecule is CCCCCCC(CCCCCC)[C@@H](SSC(C)(C)C)C(Cl)(Cl)Cl. The molecule has 0 aromatic rings. The van der Waals surface area contributed by atoms with Crippen molar-refractivity contribution in [1.82, 2.24) is 0 Å². The zero-order chi connectivity index (χ0) is 18.6. The molecule has 0 amide bonds. The van der Waals surface area contributed by atoms with Crippen molar-refractivity contribution in [2.24, 2.45) is 5.92 Å². The minimum atomic E-state index is -1.19. The highest BCUT2D eigenvalue weighted by molar-refractivity contribution is 8.77. The fourth-order valence-corrected chi connectivity index (χ4v) is 7.13.